The van der Waals surface area contributed by atoms with Crippen LogP contribution < -0.4 is 10.3 Å². The molecule has 72 valence electrons. The number of hydrogen-bond donors (Lipinski definition) is 0. The molecule has 1 aliphatic heterocycles. The molecular weight excluding hydrogens is 177 g/mol. The molecule has 0 spiro atoms. The third-order valence-electron chi connectivity index (χ3n) is 2.22. The Morgan fingerprint density at radius 3 is 2.93 bits per heavy atom. The smallest absolute Gasteiger partial charge is 0.141 e. The highest BCUT2D eigenvalue weighted by Gasteiger charge is 2.14. The predicted molar refractivity (Wildman–Crippen MR) is 54.1 cm³/mol. The molecule has 2 radical (unpaired) electrons. The first-order chi connectivity index (χ1) is 6.84. The molecule has 4 heteroatoms. The topological polar surface area (TPSA) is 31.4 Å². The van der Waals surface area contributed by atoms with E-state index < -0.39 is 0 Å². The lowest BCUT2D eigenvalue weighted by Crippen LogP contribution is -2.26. The average molecular weight is 189 g/mol. The van der Waals surface area contributed by atoms with E-state index in [4.69, 9.17) is 17.3 Å². The fraction of sp³-hybridized carbons (Fsp3) is 0.500. The van der Waals surface area contributed by atoms with Gasteiger partial charge in [0.05, 0.1) is 13.2 Å². The Balaban J connectivity index is 1.95. The summed E-state index contributed by atoms with van der Waals surface area (Å²) in [6, 6.07) is 3.57. The maximum Gasteiger partial charge on any atom is 0.141 e. The van der Waals surface area contributed by atoms with Crippen LogP contribution in [-0.4, -0.2) is 32.1 Å². The maximum atomic E-state index is 5.74. The van der Waals surface area contributed by atoms with Crippen LogP contribution >= 0.6 is 0 Å². The molecule has 1 saturated heterocycles. The van der Waals surface area contributed by atoms with Crippen LogP contribution in [0.5, 0.6) is 5.75 Å². The van der Waals surface area contributed by atoms with Gasteiger partial charge in [0.2, 0.25) is 0 Å². The molecule has 0 amide bonds. The Hall–Kier alpha value is -1.03. The van der Waals surface area contributed by atoms with Gasteiger partial charge in [-0.15, -0.1) is 0 Å². The molecule has 2 heterocycles. The van der Waals surface area contributed by atoms with Gasteiger partial charge < -0.3 is 9.47 Å². The summed E-state index contributed by atoms with van der Waals surface area (Å²) in [5.74, 6) is 0.796. The summed E-state index contributed by atoms with van der Waals surface area (Å²) in [6.45, 7) is 1.57. The summed E-state index contributed by atoms with van der Waals surface area (Å²) in [5.41, 5.74) is 0.495. The van der Waals surface area contributed by atoms with E-state index in [1.165, 1.54) is 0 Å². The van der Waals surface area contributed by atoms with E-state index in [0.717, 1.165) is 31.8 Å². The lowest BCUT2D eigenvalue weighted by molar-refractivity contribution is 0.0256. The van der Waals surface area contributed by atoms with Crippen molar-refractivity contribution >= 4 is 13.4 Å². The second kappa shape index (κ2) is 4.46. The number of pyridine rings is 1. The zero-order chi connectivity index (χ0) is 9.80. The first kappa shape index (κ1) is 9.53. The minimum Gasteiger partial charge on any atom is -0.490 e. The number of nitrogens with zero attached hydrogens (tertiary/aromatic N) is 1. The molecule has 0 atom stereocenters. The molecule has 0 aliphatic carbocycles. The van der Waals surface area contributed by atoms with Crippen LogP contribution in [0, 0.1) is 0 Å². The van der Waals surface area contributed by atoms with Gasteiger partial charge in [-0.2, -0.15) is 0 Å². The summed E-state index contributed by atoms with van der Waals surface area (Å²) < 4.78 is 11.0. The molecule has 14 heavy (non-hydrogen) atoms. The van der Waals surface area contributed by atoms with Crippen molar-refractivity contribution in [3.63, 3.8) is 0 Å². The van der Waals surface area contributed by atoms with Crippen LogP contribution in [0.1, 0.15) is 12.8 Å². The van der Waals surface area contributed by atoms with Crippen LogP contribution in [0.3, 0.4) is 0 Å². The third-order valence-corrected chi connectivity index (χ3v) is 2.22. The van der Waals surface area contributed by atoms with Crippen LogP contribution in [0.25, 0.3) is 0 Å². The number of ether oxygens (including phenoxy) is 2. The van der Waals surface area contributed by atoms with Crippen LogP contribution in [0.15, 0.2) is 18.3 Å². The molecule has 2 rings (SSSR count). The minimum absolute atomic E-state index is 0.255. The van der Waals surface area contributed by atoms with Crippen molar-refractivity contribution in [3.8, 4) is 5.75 Å². The zero-order valence-electron chi connectivity index (χ0n) is 7.98. The van der Waals surface area contributed by atoms with Gasteiger partial charge in [0.15, 0.2) is 0 Å². The normalized spacial score (nSPS) is 18.0. The summed E-state index contributed by atoms with van der Waals surface area (Å²) in [7, 11) is 5.55. The van der Waals surface area contributed by atoms with Gasteiger partial charge >= 0.3 is 0 Å². The van der Waals surface area contributed by atoms with Crippen molar-refractivity contribution in [1.29, 1.82) is 0 Å². The van der Waals surface area contributed by atoms with Gasteiger partial charge in [0.25, 0.3) is 0 Å². The average Bonchev–Trinajstić information content (AvgIpc) is 2.19. The minimum atomic E-state index is 0.255. The Bertz CT molecular complexity index is 300. The van der Waals surface area contributed by atoms with Gasteiger partial charge in [0, 0.05) is 19.0 Å². The summed E-state index contributed by atoms with van der Waals surface area (Å²) >= 11 is 0. The Kier molecular flexibility index (Phi) is 3.04. The van der Waals surface area contributed by atoms with Crippen molar-refractivity contribution in [2.24, 2.45) is 0 Å². The Labute approximate surface area is 84.8 Å². The molecule has 3 nitrogen and oxygen atoms in total. The highest BCUT2D eigenvalue weighted by atomic mass is 16.5. The zero-order valence-corrected chi connectivity index (χ0v) is 7.98. The van der Waals surface area contributed by atoms with Gasteiger partial charge in [-0.25, -0.2) is 0 Å². The monoisotopic (exact) mass is 189 g/mol. The number of hydrogen-bond acceptors (Lipinski definition) is 3. The molecule has 0 aromatic carbocycles. The van der Waals surface area contributed by atoms with E-state index in [1.54, 1.807) is 12.3 Å². The second-order valence-electron chi connectivity index (χ2n) is 3.35. The molecular formula is C10H12BNO2. The van der Waals surface area contributed by atoms with Crippen molar-refractivity contribution < 1.29 is 9.47 Å². The van der Waals surface area contributed by atoms with Crippen LogP contribution in [0.2, 0.25) is 0 Å². The molecule has 1 aromatic heterocycles. The molecule has 1 aromatic rings. The van der Waals surface area contributed by atoms with E-state index in [9.17, 15) is 0 Å². The standard InChI is InChI=1S/C10H12BNO2/c11-10-7-9(1-4-12-10)14-8-2-5-13-6-3-8/h1,4,7-8H,2-3,5-6H2. The highest BCUT2D eigenvalue weighted by molar-refractivity contribution is 6.30. The van der Waals surface area contributed by atoms with E-state index >= 15 is 0 Å². The first-order valence-electron chi connectivity index (χ1n) is 4.80. The van der Waals surface area contributed by atoms with Gasteiger partial charge in [0.1, 0.15) is 19.7 Å². The highest BCUT2D eigenvalue weighted by Crippen LogP contribution is 2.15. The summed E-state index contributed by atoms with van der Waals surface area (Å²) in [6.07, 6.45) is 3.81. The largest absolute Gasteiger partial charge is 0.490 e. The molecule has 0 N–H and O–H groups in total. The number of aromatic nitrogens is 1. The number of rotatable bonds is 2. The van der Waals surface area contributed by atoms with Crippen LogP contribution in [0.4, 0.5) is 0 Å². The van der Waals surface area contributed by atoms with E-state index in [0.29, 0.717) is 5.59 Å². The summed E-state index contributed by atoms with van der Waals surface area (Å²) in [5, 5.41) is 0. The Morgan fingerprint density at radius 1 is 1.43 bits per heavy atom. The fourth-order valence-electron chi connectivity index (χ4n) is 1.49. The van der Waals surface area contributed by atoms with Gasteiger partial charge in [-0.05, 0) is 17.7 Å². The molecule has 0 saturated carbocycles. The van der Waals surface area contributed by atoms with E-state index in [2.05, 4.69) is 4.98 Å². The lowest BCUT2D eigenvalue weighted by atomic mass is 10.0. The third kappa shape index (κ3) is 2.48. The van der Waals surface area contributed by atoms with Gasteiger partial charge in [-0.1, -0.05) is 0 Å². The van der Waals surface area contributed by atoms with Crippen molar-refractivity contribution in [3.05, 3.63) is 18.3 Å². The molecule has 0 unspecified atom stereocenters. The quantitative estimate of drug-likeness (QED) is 0.632. The fourth-order valence-corrected chi connectivity index (χ4v) is 1.49. The van der Waals surface area contributed by atoms with Crippen molar-refractivity contribution in [2.75, 3.05) is 13.2 Å². The lowest BCUT2D eigenvalue weighted by Gasteiger charge is -2.23. The van der Waals surface area contributed by atoms with Crippen LogP contribution in [-0.2, 0) is 4.74 Å². The van der Waals surface area contributed by atoms with E-state index in [1.807, 2.05) is 6.07 Å². The van der Waals surface area contributed by atoms with E-state index in [-0.39, 0.29) is 6.10 Å². The first-order valence-corrected chi connectivity index (χ1v) is 4.80. The second-order valence-corrected chi connectivity index (χ2v) is 3.35. The molecule has 0 bridgehead atoms. The van der Waals surface area contributed by atoms with Gasteiger partial charge in [-0.3, -0.25) is 4.98 Å². The van der Waals surface area contributed by atoms with Crippen molar-refractivity contribution in [2.45, 2.75) is 18.9 Å². The molecule has 1 fully saturated rings. The van der Waals surface area contributed by atoms with Crippen molar-refractivity contribution in [1.82, 2.24) is 4.98 Å². The molecule has 1 aliphatic rings. The maximum absolute atomic E-state index is 5.74. The predicted octanol–water partition coefficient (Wildman–Crippen LogP) is 0.433. The summed E-state index contributed by atoms with van der Waals surface area (Å²) in [4.78, 5) is 3.91. The SMILES string of the molecule is [B]c1cc(OC2CCOCC2)ccn1. The Morgan fingerprint density at radius 2 is 2.21 bits per heavy atom.